The van der Waals surface area contributed by atoms with Gasteiger partial charge in [0, 0.05) is 23.7 Å². The highest BCUT2D eigenvalue weighted by atomic mass is 28.4. The molecular weight excluding hydrogens is 492 g/mol. The molecule has 0 aromatic heterocycles. The van der Waals surface area contributed by atoms with Gasteiger partial charge in [-0.25, -0.2) is 4.79 Å². The molecule has 5 aliphatic rings. The highest BCUT2D eigenvalue weighted by molar-refractivity contribution is 6.74. The normalized spacial score (nSPS) is 47.8. The predicted molar refractivity (Wildman–Crippen MR) is 152 cm³/mol. The molecule has 0 spiro atoms. The lowest BCUT2D eigenvalue weighted by atomic mass is 9.42. The third kappa shape index (κ3) is 4.16. The van der Waals surface area contributed by atoms with E-state index in [1.54, 1.807) is 6.92 Å². The molecule has 0 aromatic carbocycles. The van der Waals surface area contributed by atoms with Gasteiger partial charge in [-0.05, 0) is 105 Å². The van der Waals surface area contributed by atoms with Gasteiger partial charge in [-0.3, -0.25) is 0 Å². The Morgan fingerprint density at radius 1 is 1.03 bits per heavy atom. The standard InChI is InChI=1S/C32H52O5Si/c1-9-36-26(33)13-10-20-18-31(6)24-15-16-30(5)27(21-11-12-22(21)28(30)34)23(24)14-17-32(31,35)19-25(20)37-38(7,8)29(2,3)4/h20-25,27-28,34-35H,9,11-12,14-19H2,1-8H3/t20?,21-,22+,23-,24+,25-,27+,28+,30+,31-,32+/m1/s1. The second-order valence-corrected chi connectivity index (χ2v) is 20.4. The number of aliphatic hydroxyl groups is 2. The zero-order chi connectivity index (χ0) is 27.9. The van der Waals surface area contributed by atoms with Gasteiger partial charge >= 0.3 is 5.97 Å². The molecular formula is C32H52O5Si. The van der Waals surface area contributed by atoms with Crippen molar-refractivity contribution in [3.63, 3.8) is 0 Å². The van der Waals surface area contributed by atoms with Crippen LogP contribution in [0.2, 0.25) is 18.1 Å². The van der Waals surface area contributed by atoms with Crippen LogP contribution in [0.5, 0.6) is 0 Å². The van der Waals surface area contributed by atoms with E-state index in [1.807, 2.05) is 0 Å². The number of rotatable bonds is 3. The first-order valence-electron chi connectivity index (χ1n) is 15.3. The molecule has 214 valence electrons. The maximum atomic E-state index is 12.5. The second kappa shape index (κ2) is 9.33. The molecule has 6 heteroatoms. The van der Waals surface area contributed by atoms with Crippen LogP contribution in [-0.2, 0) is 14.0 Å². The average Bonchev–Trinajstić information content (AvgIpc) is 2.93. The van der Waals surface area contributed by atoms with Crippen molar-refractivity contribution in [1.82, 2.24) is 0 Å². The molecule has 5 saturated carbocycles. The summed E-state index contributed by atoms with van der Waals surface area (Å²) in [5.74, 6) is 8.14. The Hall–Kier alpha value is -0.873. The van der Waals surface area contributed by atoms with E-state index < -0.39 is 19.9 Å². The quantitative estimate of drug-likeness (QED) is 0.199. The fourth-order valence-electron chi connectivity index (χ4n) is 9.71. The van der Waals surface area contributed by atoms with Crippen LogP contribution in [0.25, 0.3) is 0 Å². The van der Waals surface area contributed by atoms with E-state index >= 15 is 0 Å². The molecule has 0 amide bonds. The van der Waals surface area contributed by atoms with Gasteiger partial charge in [0.25, 0.3) is 0 Å². The summed E-state index contributed by atoms with van der Waals surface area (Å²) in [6.07, 6.45) is 7.33. The molecule has 2 N–H and O–H groups in total. The second-order valence-electron chi connectivity index (χ2n) is 15.6. The molecule has 5 rings (SSSR count). The van der Waals surface area contributed by atoms with Crippen LogP contribution in [-0.4, -0.2) is 48.9 Å². The van der Waals surface area contributed by atoms with Gasteiger partial charge in [0.15, 0.2) is 8.32 Å². The Morgan fingerprint density at radius 3 is 2.32 bits per heavy atom. The lowest BCUT2D eigenvalue weighted by molar-refractivity contribution is -0.229. The summed E-state index contributed by atoms with van der Waals surface area (Å²) >= 11 is 0. The van der Waals surface area contributed by atoms with Gasteiger partial charge in [0.1, 0.15) is 0 Å². The van der Waals surface area contributed by atoms with Crippen LogP contribution in [0.3, 0.4) is 0 Å². The minimum absolute atomic E-state index is 0.0184. The molecule has 0 radical (unpaired) electrons. The predicted octanol–water partition coefficient (Wildman–Crippen LogP) is 5.93. The van der Waals surface area contributed by atoms with Gasteiger partial charge in [-0.2, -0.15) is 0 Å². The minimum atomic E-state index is -2.12. The zero-order valence-corrected chi connectivity index (χ0v) is 26.1. The Labute approximate surface area is 232 Å². The van der Waals surface area contributed by atoms with E-state index in [2.05, 4.69) is 59.6 Å². The van der Waals surface area contributed by atoms with Crippen molar-refractivity contribution in [1.29, 1.82) is 0 Å². The van der Waals surface area contributed by atoms with E-state index in [1.165, 1.54) is 12.8 Å². The van der Waals surface area contributed by atoms with Gasteiger partial charge in [0.05, 0.1) is 24.4 Å². The minimum Gasteiger partial charge on any atom is -0.456 e. The highest BCUT2D eigenvalue weighted by Crippen LogP contribution is 2.72. The van der Waals surface area contributed by atoms with Crippen molar-refractivity contribution in [3.8, 4) is 11.8 Å². The monoisotopic (exact) mass is 544 g/mol. The van der Waals surface area contributed by atoms with Gasteiger partial charge < -0.3 is 19.4 Å². The molecule has 0 aliphatic heterocycles. The smallest absolute Gasteiger partial charge is 0.384 e. The van der Waals surface area contributed by atoms with Crippen LogP contribution in [0.4, 0.5) is 0 Å². The SMILES string of the molecule is CCOC(=O)C#CC1C[C@]2(C)[C@H]3CC[C@@]4(C)[C@@H]([C@@H]5CC[C@@H]5[C@@H]4O)[C@@H]3CC[C@]2(O)C[C@H]1O[Si](C)(C)C(C)(C)C. The molecule has 5 fully saturated rings. The Morgan fingerprint density at radius 2 is 1.71 bits per heavy atom. The third-order valence-corrected chi connectivity index (χ3v) is 17.5. The summed E-state index contributed by atoms with van der Waals surface area (Å²) in [6.45, 7) is 18.1. The number of hydrogen-bond donors (Lipinski definition) is 2. The van der Waals surface area contributed by atoms with Crippen LogP contribution in [0.1, 0.15) is 92.9 Å². The lowest BCUT2D eigenvalue weighted by Gasteiger charge is -2.65. The van der Waals surface area contributed by atoms with Crippen molar-refractivity contribution in [2.75, 3.05) is 6.61 Å². The molecule has 0 saturated heterocycles. The van der Waals surface area contributed by atoms with Gasteiger partial charge in [0.2, 0.25) is 0 Å². The molecule has 5 nitrogen and oxygen atoms in total. The highest BCUT2D eigenvalue weighted by Gasteiger charge is 2.70. The van der Waals surface area contributed by atoms with Crippen LogP contribution >= 0.6 is 0 Å². The molecule has 0 bridgehead atoms. The molecule has 1 unspecified atom stereocenters. The summed E-state index contributed by atoms with van der Waals surface area (Å²) in [4.78, 5) is 12.3. The van der Waals surface area contributed by atoms with Gasteiger partial charge in [-0.15, -0.1) is 0 Å². The van der Waals surface area contributed by atoms with E-state index in [0.29, 0.717) is 42.6 Å². The Kier molecular flexibility index (Phi) is 7.03. The molecule has 5 aliphatic carbocycles. The Balaban J connectivity index is 1.48. The number of esters is 1. The van der Waals surface area contributed by atoms with Crippen LogP contribution in [0.15, 0.2) is 0 Å². The van der Waals surface area contributed by atoms with E-state index in [-0.39, 0.29) is 34.0 Å². The topological polar surface area (TPSA) is 76.0 Å². The van der Waals surface area contributed by atoms with E-state index in [4.69, 9.17) is 9.16 Å². The van der Waals surface area contributed by atoms with Crippen molar-refractivity contribution in [2.45, 2.75) is 129 Å². The van der Waals surface area contributed by atoms with Crippen molar-refractivity contribution >= 4 is 14.3 Å². The van der Waals surface area contributed by atoms with Gasteiger partial charge in [-0.1, -0.05) is 40.5 Å². The first-order valence-corrected chi connectivity index (χ1v) is 18.3. The van der Waals surface area contributed by atoms with Crippen molar-refractivity contribution in [2.24, 2.45) is 46.3 Å². The maximum Gasteiger partial charge on any atom is 0.384 e. The summed E-state index contributed by atoms with van der Waals surface area (Å²) in [7, 11) is -2.12. The number of fused-ring (bicyclic) bond motifs is 7. The number of carbonyl (C=O) groups excluding carboxylic acids is 1. The molecule has 0 aromatic rings. The average molecular weight is 545 g/mol. The van der Waals surface area contributed by atoms with Crippen molar-refractivity contribution < 1.29 is 24.2 Å². The Bertz CT molecular complexity index is 1010. The number of aliphatic hydroxyl groups excluding tert-OH is 1. The zero-order valence-electron chi connectivity index (χ0n) is 25.1. The summed E-state index contributed by atoms with van der Waals surface area (Å²) in [5, 5.41) is 23.8. The number of ether oxygens (including phenoxy) is 1. The largest absolute Gasteiger partial charge is 0.456 e. The number of carbonyl (C=O) groups is 1. The fraction of sp³-hybridized carbons (Fsp3) is 0.906. The summed E-state index contributed by atoms with van der Waals surface area (Å²) in [6, 6.07) is 0. The maximum absolute atomic E-state index is 12.5. The van der Waals surface area contributed by atoms with Crippen LogP contribution in [0, 0.1) is 58.2 Å². The lowest BCUT2D eigenvalue weighted by Crippen LogP contribution is -2.65. The molecule has 0 heterocycles. The molecule has 38 heavy (non-hydrogen) atoms. The fourth-order valence-corrected chi connectivity index (χ4v) is 11.1. The van der Waals surface area contributed by atoms with Crippen LogP contribution < -0.4 is 0 Å². The summed E-state index contributed by atoms with van der Waals surface area (Å²) < 4.78 is 12.1. The van der Waals surface area contributed by atoms with E-state index in [0.717, 1.165) is 32.1 Å². The summed E-state index contributed by atoms with van der Waals surface area (Å²) in [5.41, 5.74) is -1.07. The third-order valence-electron chi connectivity index (χ3n) is 13.0. The van der Waals surface area contributed by atoms with E-state index in [9.17, 15) is 15.0 Å². The number of hydrogen-bond acceptors (Lipinski definition) is 5. The molecule has 11 atom stereocenters. The van der Waals surface area contributed by atoms with Crippen molar-refractivity contribution in [3.05, 3.63) is 0 Å². The first-order chi connectivity index (χ1) is 17.6. The first kappa shape index (κ1) is 28.6.